The molecule has 3 N–H and O–H groups in total. The van der Waals surface area contributed by atoms with Gasteiger partial charge in [-0.3, -0.25) is 9.59 Å². The number of carbonyl (C=O) groups is 3. The number of nitrogens with zero attached hydrogens (tertiary/aromatic N) is 1. The number of hydrogen-bond donors (Lipinski definition) is 3. The van der Waals surface area contributed by atoms with Gasteiger partial charge < -0.3 is 15.8 Å². The van der Waals surface area contributed by atoms with E-state index in [0.29, 0.717) is 37.0 Å². The lowest BCUT2D eigenvalue weighted by atomic mass is 10.00. The molecule has 1 amide bonds. The number of carboxylic acids is 1. The molecule has 1 aliphatic rings. The van der Waals surface area contributed by atoms with Crippen LogP contribution in [0.15, 0.2) is 47.4 Å². The lowest BCUT2D eigenvalue weighted by Gasteiger charge is -2.25. The number of sulfonamides is 1. The van der Waals surface area contributed by atoms with Crippen molar-refractivity contribution in [3.05, 3.63) is 64.7 Å². The molecule has 1 aliphatic heterocycles. The van der Waals surface area contributed by atoms with E-state index in [1.165, 1.54) is 4.31 Å². The summed E-state index contributed by atoms with van der Waals surface area (Å²) in [5.74, 6) is -1.70. The van der Waals surface area contributed by atoms with Crippen molar-refractivity contribution in [2.45, 2.75) is 95.5 Å². The molecule has 0 aliphatic carbocycles. The molecule has 222 valence electrons. The van der Waals surface area contributed by atoms with Crippen molar-refractivity contribution in [3.63, 3.8) is 0 Å². The Morgan fingerprint density at radius 2 is 1.61 bits per heavy atom. The summed E-state index contributed by atoms with van der Waals surface area (Å²) >= 11 is 0. The average Bonchev–Trinajstić information content (AvgIpc) is 3.39. The molecule has 0 bridgehead atoms. The summed E-state index contributed by atoms with van der Waals surface area (Å²) in [4.78, 5) is 37.6. The van der Waals surface area contributed by atoms with Crippen molar-refractivity contribution >= 4 is 33.4 Å². The summed E-state index contributed by atoms with van der Waals surface area (Å²) in [6.07, 6.45) is 5.03. The minimum atomic E-state index is -3.93. The summed E-state index contributed by atoms with van der Waals surface area (Å²) in [5, 5.41) is 19.8. The van der Waals surface area contributed by atoms with Crippen LogP contribution in [0.4, 0.5) is 0 Å². The minimum absolute atomic E-state index is 0.0261. The molecule has 10 heteroatoms. The van der Waals surface area contributed by atoms with Gasteiger partial charge in [-0.1, -0.05) is 36.8 Å². The van der Waals surface area contributed by atoms with Gasteiger partial charge in [-0.05, 0) is 87.3 Å². The van der Waals surface area contributed by atoms with Gasteiger partial charge in [0.15, 0.2) is 0 Å². The number of carboxylic acid groups (broad SMARTS) is 1. The second-order valence-electron chi connectivity index (χ2n) is 11.1. The molecule has 2 aromatic carbocycles. The number of nitrogens with one attached hydrogen (secondary N) is 2. The van der Waals surface area contributed by atoms with Crippen LogP contribution in [-0.2, 0) is 37.2 Å². The monoisotopic (exact) mass is 583 g/mol. The first kappa shape index (κ1) is 32.1. The van der Waals surface area contributed by atoms with Gasteiger partial charge in [0, 0.05) is 31.5 Å². The highest BCUT2D eigenvalue weighted by Crippen LogP contribution is 2.27. The maximum atomic E-state index is 13.4. The van der Waals surface area contributed by atoms with Gasteiger partial charge in [0.25, 0.3) is 0 Å². The maximum Gasteiger partial charge on any atom is 0.326 e. The topological polar surface area (TPSA) is 145 Å². The van der Waals surface area contributed by atoms with Gasteiger partial charge >= 0.3 is 5.97 Å². The molecule has 0 spiro atoms. The summed E-state index contributed by atoms with van der Waals surface area (Å²) < 4.78 is 27.9. The molecule has 1 heterocycles. The van der Waals surface area contributed by atoms with Crippen molar-refractivity contribution < 1.29 is 27.9 Å². The second-order valence-corrected chi connectivity index (χ2v) is 13.0. The lowest BCUT2D eigenvalue weighted by molar-refractivity contribution is -0.142. The summed E-state index contributed by atoms with van der Waals surface area (Å²) in [6.45, 7) is 5.60. The van der Waals surface area contributed by atoms with Crippen LogP contribution in [0.5, 0.6) is 0 Å². The van der Waals surface area contributed by atoms with E-state index in [1.54, 1.807) is 43.3 Å². The Morgan fingerprint density at radius 1 is 1.00 bits per heavy atom. The van der Waals surface area contributed by atoms with Crippen LogP contribution in [-0.4, -0.2) is 59.8 Å². The van der Waals surface area contributed by atoms with Crippen LogP contribution in [0.25, 0.3) is 0 Å². The lowest BCUT2D eigenvalue weighted by Crippen LogP contribution is -2.51. The second kappa shape index (κ2) is 14.5. The highest BCUT2D eigenvalue weighted by Gasteiger charge is 2.40. The fourth-order valence-corrected chi connectivity index (χ4v) is 7.06. The van der Waals surface area contributed by atoms with E-state index in [-0.39, 0.29) is 23.6 Å². The number of carbonyl (C=O) groups excluding carboxylic acids is 2. The van der Waals surface area contributed by atoms with Gasteiger partial charge in [-0.2, -0.15) is 4.31 Å². The molecule has 0 aromatic heterocycles. The van der Waals surface area contributed by atoms with E-state index >= 15 is 0 Å². The van der Waals surface area contributed by atoms with Crippen LogP contribution in [0.1, 0.15) is 74.1 Å². The number of amides is 1. The van der Waals surface area contributed by atoms with Crippen LogP contribution < -0.4 is 5.32 Å². The Bertz CT molecular complexity index is 1350. The molecule has 41 heavy (non-hydrogen) atoms. The predicted octanol–water partition coefficient (Wildman–Crippen LogP) is 4.37. The molecule has 0 radical (unpaired) electrons. The van der Waals surface area contributed by atoms with Crippen molar-refractivity contribution in [1.29, 1.82) is 5.41 Å². The zero-order valence-corrected chi connectivity index (χ0v) is 24.9. The highest BCUT2D eigenvalue weighted by molar-refractivity contribution is 7.89. The number of aryl methyl sites for hydroxylation is 2. The Labute approximate surface area is 242 Å². The Hall–Kier alpha value is -3.37. The molecular formula is C31H41N3O6S. The molecule has 3 rings (SSSR count). The SMILES string of the molecule is CC(=N)CCCCCC(=O)Cc1ccc(CC(NC(=O)[C@@H]2CCCN2S(=O)(=O)c2cc(C)cc(C)c2)C(=O)O)cc1. The number of benzene rings is 2. The van der Waals surface area contributed by atoms with E-state index in [9.17, 15) is 27.9 Å². The van der Waals surface area contributed by atoms with Crippen molar-refractivity contribution in [1.82, 2.24) is 9.62 Å². The summed E-state index contributed by atoms with van der Waals surface area (Å²) in [7, 11) is -3.93. The Morgan fingerprint density at radius 3 is 2.22 bits per heavy atom. The molecule has 2 aromatic rings. The zero-order chi connectivity index (χ0) is 30.2. The quantitative estimate of drug-likeness (QED) is 0.210. The first-order valence-electron chi connectivity index (χ1n) is 14.1. The summed E-state index contributed by atoms with van der Waals surface area (Å²) in [6, 6.07) is 9.91. The number of Topliss-reactive ketones (excluding diaryl/α,β-unsaturated/α-hetero) is 1. The first-order chi connectivity index (χ1) is 19.4. The third-order valence-electron chi connectivity index (χ3n) is 7.29. The van der Waals surface area contributed by atoms with Crippen LogP contribution in [0.3, 0.4) is 0 Å². The number of rotatable bonds is 15. The maximum absolute atomic E-state index is 13.4. The number of aliphatic carboxylic acids is 1. The van der Waals surface area contributed by atoms with Crippen molar-refractivity contribution in [2.75, 3.05) is 6.54 Å². The van der Waals surface area contributed by atoms with Gasteiger partial charge in [0.1, 0.15) is 17.9 Å². The van der Waals surface area contributed by atoms with Gasteiger partial charge in [-0.25, -0.2) is 13.2 Å². The third-order valence-corrected chi connectivity index (χ3v) is 9.18. The largest absolute Gasteiger partial charge is 0.480 e. The minimum Gasteiger partial charge on any atom is -0.480 e. The average molecular weight is 584 g/mol. The number of unbranched alkanes of at least 4 members (excludes halogenated alkanes) is 2. The van der Waals surface area contributed by atoms with Gasteiger partial charge in [-0.15, -0.1) is 0 Å². The van der Waals surface area contributed by atoms with Gasteiger partial charge in [0.05, 0.1) is 4.90 Å². The highest BCUT2D eigenvalue weighted by atomic mass is 32.2. The Kier molecular flexibility index (Phi) is 11.4. The standard InChI is InChI=1S/C31H41N3O6S/c1-21-16-22(2)18-27(17-21)41(39,40)34-15-7-10-29(34)30(36)33-28(31(37)38)20-25-13-11-24(12-14-25)19-26(35)9-6-4-5-8-23(3)32/h11-14,16-18,28-29,32H,4-10,15,19-20H2,1-3H3,(H,33,36)(H,37,38)/t28?,29-/m0/s1. The van der Waals surface area contributed by atoms with E-state index in [0.717, 1.165) is 42.4 Å². The fourth-order valence-electron chi connectivity index (χ4n) is 5.21. The molecular weight excluding hydrogens is 542 g/mol. The zero-order valence-electron chi connectivity index (χ0n) is 24.1. The van der Waals surface area contributed by atoms with Crippen molar-refractivity contribution in [3.8, 4) is 0 Å². The molecule has 1 saturated heterocycles. The van der Waals surface area contributed by atoms with Crippen molar-refractivity contribution in [2.24, 2.45) is 0 Å². The van der Waals surface area contributed by atoms with E-state index in [2.05, 4.69) is 5.32 Å². The number of hydrogen-bond acceptors (Lipinski definition) is 6. The first-order valence-corrected chi connectivity index (χ1v) is 15.6. The smallest absolute Gasteiger partial charge is 0.326 e. The van der Waals surface area contributed by atoms with Crippen LogP contribution in [0.2, 0.25) is 0 Å². The normalized spacial score (nSPS) is 16.3. The summed E-state index contributed by atoms with van der Waals surface area (Å²) in [5.41, 5.74) is 3.78. The fraction of sp³-hybridized carbons (Fsp3) is 0.484. The molecule has 9 nitrogen and oxygen atoms in total. The molecule has 1 unspecified atom stereocenters. The molecule has 0 saturated carbocycles. The van der Waals surface area contributed by atoms with Crippen LogP contribution in [0, 0.1) is 19.3 Å². The molecule has 1 fully saturated rings. The van der Waals surface area contributed by atoms with E-state index in [1.807, 2.05) is 19.9 Å². The van der Waals surface area contributed by atoms with E-state index in [4.69, 9.17) is 5.41 Å². The Balaban J connectivity index is 1.59. The molecule has 2 atom stereocenters. The van der Waals surface area contributed by atoms with E-state index < -0.39 is 34.0 Å². The predicted molar refractivity (Wildman–Crippen MR) is 158 cm³/mol. The number of ketones is 1. The van der Waals surface area contributed by atoms with Crippen LogP contribution >= 0.6 is 0 Å². The van der Waals surface area contributed by atoms with Gasteiger partial charge in [0.2, 0.25) is 15.9 Å². The third kappa shape index (κ3) is 9.33.